The Kier molecular flexibility index (Phi) is 8.80. The largest absolute Gasteiger partial charge is 0.483 e. The third-order valence-electron chi connectivity index (χ3n) is 6.71. The molecule has 0 aromatic heterocycles. The minimum atomic E-state index is -0.548. The van der Waals surface area contributed by atoms with Crippen molar-refractivity contribution in [1.29, 1.82) is 0 Å². The van der Waals surface area contributed by atoms with E-state index in [2.05, 4.69) is 21.2 Å². The van der Waals surface area contributed by atoms with Gasteiger partial charge in [-0.3, -0.25) is 9.59 Å². The highest BCUT2D eigenvalue weighted by atomic mass is 79.9. The Morgan fingerprint density at radius 3 is 2.46 bits per heavy atom. The molecule has 2 amide bonds. The molecule has 0 aliphatic heterocycles. The van der Waals surface area contributed by atoms with Gasteiger partial charge in [0.05, 0.1) is 4.47 Å². The lowest BCUT2D eigenvalue weighted by molar-refractivity contribution is -0.143. The van der Waals surface area contributed by atoms with Crippen LogP contribution in [0.4, 0.5) is 0 Å². The molecule has 1 fully saturated rings. The fraction of sp³-hybridized carbons (Fsp3) is 0.379. The summed E-state index contributed by atoms with van der Waals surface area (Å²) in [7, 11) is 0. The molecule has 1 aliphatic carbocycles. The Labute approximate surface area is 216 Å². The molecular formula is C29H33BrN2O3. The van der Waals surface area contributed by atoms with E-state index >= 15 is 0 Å². The second-order valence-corrected chi connectivity index (χ2v) is 9.96. The predicted molar refractivity (Wildman–Crippen MR) is 143 cm³/mol. The van der Waals surface area contributed by atoms with Crippen molar-refractivity contribution in [3.63, 3.8) is 0 Å². The van der Waals surface area contributed by atoms with Crippen LogP contribution >= 0.6 is 15.9 Å². The molecule has 3 aromatic carbocycles. The zero-order valence-electron chi connectivity index (χ0n) is 20.2. The van der Waals surface area contributed by atoms with Gasteiger partial charge in [-0.15, -0.1) is 0 Å². The monoisotopic (exact) mass is 536 g/mol. The molecular weight excluding hydrogens is 504 g/mol. The Bertz CT molecular complexity index is 1150. The minimum absolute atomic E-state index is 0.0735. The van der Waals surface area contributed by atoms with Crippen LogP contribution in [0.25, 0.3) is 10.8 Å². The van der Waals surface area contributed by atoms with Crippen LogP contribution in [0, 0.1) is 0 Å². The average Bonchev–Trinajstić information content (AvgIpc) is 2.89. The van der Waals surface area contributed by atoms with E-state index in [0.717, 1.165) is 46.5 Å². The number of halogens is 1. The molecule has 0 saturated heterocycles. The fourth-order valence-corrected chi connectivity index (χ4v) is 5.40. The summed E-state index contributed by atoms with van der Waals surface area (Å²) in [6, 6.07) is 21.3. The van der Waals surface area contributed by atoms with Gasteiger partial charge >= 0.3 is 0 Å². The number of fused-ring (bicyclic) bond motifs is 1. The molecule has 0 radical (unpaired) electrons. The van der Waals surface area contributed by atoms with Crippen molar-refractivity contribution in [1.82, 2.24) is 10.2 Å². The molecule has 1 atom stereocenters. The molecule has 0 bridgehead atoms. The summed E-state index contributed by atoms with van der Waals surface area (Å²) in [5.41, 5.74) is 0.983. The van der Waals surface area contributed by atoms with Gasteiger partial charge in [0.25, 0.3) is 5.91 Å². The van der Waals surface area contributed by atoms with E-state index in [-0.39, 0.29) is 24.5 Å². The van der Waals surface area contributed by atoms with E-state index in [0.29, 0.717) is 18.7 Å². The quantitative estimate of drug-likeness (QED) is 0.352. The fourth-order valence-electron chi connectivity index (χ4n) is 4.79. The van der Waals surface area contributed by atoms with E-state index in [4.69, 9.17) is 4.74 Å². The lowest BCUT2D eigenvalue weighted by Crippen LogP contribution is -2.52. The van der Waals surface area contributed by atoms with Gasteiger partial charge in [0.2, 0.25) is 5.91 Å². The van der Waals surface area contributed by atoms with Crippen molar-refractivity contribution in [3.05, 3.63) is 76.8 Å². The molecule has 1 unspecified atom stereocenters. The van der Waals surface area contributed by atoms with Gasteiger partial charge in [0.1, 0.15) is 11.8 Å². The Balaban J connectivity index is 1.51. The van der Waals surface area contributed by atoms with E-state index in [1.165, 1.54) is 6.42 Å². The molecule has 1 saturated carbocycles. The van der Waals surface area contributed by atoms with Crippen LogP contribution in [0.2, 0.25) is 0 Å². The van der Waals surface area contributed by atoms with Crippen LogP contribution in [0.15, 0.2) is 71.2 Å². The van der Waals surface area contributed by atoms with Crippen LogP contribution in [0.3, 0.4) is 0 Å². The predicted octanol–water partition coefficient (Wildman–Crippen LogP) is 6.24. The number of benzene rings is 3. The summed E-state index contributed by atoms with van der Waals surface area (Å²) in [5, 5.41) is 5.33. The molecule has 184 valence electrons. The standard InChI is InChI=1S/C29H33BrN2O3/c1-2-25(29(34)31-23-14-7-4-8-15-23)32(19-21-11-5-3-6-12-21)27(33)20-35-26-18-17-22-13-9-10-16-24(22)28(26)30/h3,5-6,9-13,16-18,23,25H,2,4,7-8,14-15,19-20H2,1H3,(H,31,34). The second kappa shape index (κ2) is 12.2. The first-order valence-corrected chi connectivity index (χ1v) is 13.3. The molecule has 6 heteroatoms. The van der Waals surface area contributed by atoms with Gasteiger partial charge in [0, 0.05) is 12.6 Å². The van der Waals surface area contributed by atoms with Gasteiger partial charge < -0.3 is 15.0 Å². The summed E-state index contributed by atoms with van der Waals surface area (Å²) in [5.74, 6) is 0.325. The van der Waals surface area contributed by atoms with Crippen LogP contribution in [-0.2, 0) is 16.1 Å². The summed E-state index contributed by atoms with van der Waals surface area (Å²) < 4.78 is 6.80. The SMILES string of the molecule is CCC(C(=O)NC1CCCCC1)N(Cc1ccccc1)C(=O)COc1ccc2ccccc2c1Br. The summed E-state index contributed by atoms with van der Waals surface area (Å²) in [6.45, 7) is 2.17. The number of nitrogens with zero attached hydrogens (tertiary/aromatic N) is 1. The van der Waals surface area contributed by atoms with Crippen LogP contribution in [0.5, 0.6) is 5.75 Å². The number of rotatable bonds is 9. The first-order valence-electron chi connectivity index (χ1n) is 12.5. The summed E-state index contributed by atoms with van der Waals surface area (Å²) >= 11 is 3.63. The van der Waals surface area contributed by atoms with Crippen LogP contribution in [0.1, 0.15) is 51.0 Å². The topological polar surface area (TPSA) is 58.6 Å². The van der Waals surface area contributed by atoms with Crippen molar-refractivity contribution in [3.8, 4) is 5.75 Å². The molecule has 1 N–H and O–H groups in total. The van der Waals surface area contributed by atoms with Crippen molar-refractivity contribution in [2.75, 3.05) is 6.61 Å². The third kappa shape index (κ3) is 6.43. The van der Waals surface area contributed by atoms with E-state index < -0.39 is 6.04 Å². The Morgan fingerprint density at radius 1 is 1.00 bits per heavy atom. The van der Waals surface area contributed by atoms with Crippen molar-refractivity contribution >= 4 is 38.5 Å². The number of hydrogen-bond donors (Lipinski definition) is 1. The maximum Gasteiger partial charge on any atom is 0.261 e. The van der Waals surface area contributed by atoms with Gasteiger partial charge in [-0.25, -0.2) is 0 Å². The number of hydrogen-bond acceptors (Lipinski definition) is 3. The zero-order valence-corrected chi connectivity index (χ0v) is 21.8. The third-order valence-corrected chi connectivity index (χ3v) is 7.53. The first kappa shape index (κ1) is 25.2. The Morgan fingerprint density at radius 2 is 1.71 bits per heavy atom. The highest BCUT2D eigenvalue weighted by Crippen LogP contribution is 2.33. The first-order chi connectivity index (χ1) is 17.1. The zero-order chi connectivity index (χ0) is 24.6. The highest BCUT2D eigenvalue weighted by Gasteiger charge is 2.30. The lowest BCUT2D eigenvalue weighted by atomic mass is 9.95. The normalized spacial score (nSPS) is 14.9. The number of nitrogens with one attached hydrogen (secondary N) is 1. The maximum atomic E-state index is 13.5. The molecule has 4 rings (SSSR count). The van der Waals surface area contributed by atoms with Crippen molar-refractivity contribution < 1.29 is 14.3 Å². The van der Waals surface area contributed by atoms with Crippen LogP contribution in [-0.4, -0.2) is 35.4 Å². The van der Waals surface area contributed by atoms with Gasteiger partial charge in [0.15, 0.2) is 6.61 Å². The molecule has 0 spiro atoms. The van der Waals surface area contributed by atoms with E-state index in [1.54, 1.807) is 4.90 Å². The van der Waals surface area contributed by atoms with Crippen LogP contribution < -0.4 is 10.1 Å². The second-order valence-electron chi connectivity index (χ2n) is 9.16. The summed E-state index contributed by atoms with van der Waals surface area (Å²) in [4.78, 5) is 28.5. The lowest BCUT2D eigenvalue weighted by Gasteiger charge is -2.32. The van der Waals surface area contributed by atoms with Gasteiger partial charge in [-0.05, 0) is 57.6 Å². The number of carbonyl (C=O) groups is 2. The Hall–Kier alpha value is -2.86. The molecule has 35 heavy (non-hydrogen) atoms. The molecule has 3 aromatic rings. The summed E-state index contributed by atoms with van der Waals surface area (Å²) in [6.07, 6.45) is 6.06. The van der Waals surface area contributed by atoms with Crippen molar-refractivity contribution in [2.45, 2.75) is 64.1 Å². The molecule has 1 aliphatic rings. The van der Waals surface area contributed by atoms with Gasteiger partial charge in [-0.1, -0.05) is 86.8 Å². The smallest absolute Gasteiger partial charge is 0.261 e. The van der Waals surface area contributed by atoms with Crippen molar-refractivity contribution in [2.24, 2.45) is 0 Å². The van der Waals surface area contributed by atoms with E-state index in [1.807, 2.05) is 73.7 Å². The minimum Gasteiger partial charge on any atom is -0.483 e. The van der Waals surface area contributed by atoms with E-state index in [9.17, 15) is 9.59 Å². The number of ether oxygens (including phenoxy) is 1. The average molecular weight is 537 g/mol. The van der Waals surface area contributed by atoms with Gasteiger partial charge in [-0.2, -0.15) is 0 Å². The number of carbonyl (C=O) groups excluding carboxylic acids is 2. The number of amides is 2. The molecule has 0 heterocycles. The molecule has 5 nitrogen and oxygen atoms in total. The highest BCUT2D eigenvalue weighted by molar-refractivity contribution is 9.10. The maximum absolute atomic E-state index is 13.5.